The molecule has 0 aliphatic rings. The fourth-order valence-electron chi connectivity index (χ4n) is 0.655. The van der Waals surface area contributed by atoms with Gasteiger partial charge in [-0.2, -0.15) is 0 Å². The molecule has 0 saturated carbocycles. The van der Waals surface area contributed by atoms with Gasteiger partial charge in [0.1, 0.15) is 0 Å². The Labute approximate surface area is 69.3 Å². The number of rotatable bonds is 3. The largest absolute Gasteiger partial charge is 0.399 e. The van der Waals surface area contributed by atoms with Crippen LogP contribution in [0.2, 0.25) is 0 Å². The third-order valence-corrected chi connectivity index (χ3v) is 1.16. The van der Waals surface area contributed by atoms with Crippen LogP contribution in [0.3, 0.4) is 0 Å². The van der Waals surface area contributed by atoms with E-state index in [0.717, 1.165) is 12.1 Å². The molecule has 62 valence electrons. The highest BCUT2D eigenvalue weighted by Crippen LogP contribution is 1.93. The van der Waals surface area contributed by atoms with Gasteiger partial charge in [-0.15, -0.1) is 0 Å². The molecule has 0 aromatic heterocycles. The Hall–Kier alpha value is -0.980. The molecule has 0 rings (SSSR count). The predicted octanol–water partition coefficient (Wildman–Crippen LogP) is 2.76. The quantitative estimate of drug-likeness (QED) is 0.617. The average molecular weight is 151 g/mol. The summed E-state index contributed by atoms with van der Waals surface area (Å²) in [6.45, 7) is 6.19. The first kappa shape index (κ1) is 10.0. The number of hydrogen-bond acceptors (Lipinski definition) is 1. The summed E-state index contributed by atoms with van der Waals surface area (Å²) in [7, 11) is 0. The second-order valence-corrected chi connectivity index (χ2v) is 2.72. The molecule has 0 aliphatic carbocycles. The van der Waals surface area contributed by atoms with E-state index in [0.29, 0.717) is 0 Å². The summed E-state index contributed by atoms with van der Waals surface area (Å²) in [6.07, 6.45) is 8.91. The number of allylic oxidation sites excluding steroid dienone is 5. The Kier molecular flexibility index (Phi) is 5.26. The van der Waals surface area contributed by atoms with Gasteiger partial charge in [-0.25, -0.2) is 0 Å². The van der Waals surface area contributed by atoms with Crippen molar-refractivity contribution in [1.82, 2.24) is 0 Å². The third kappa shape index (κ3) is 6.91. The minimum Gasteiger partial charge on any atom is -0.399 e. The Morgan fingerprint density at radius 1 is 1.36 bits per heavy atom. The summed E-state index contributed by atoms with van der Waals surface area (Å²) in [5.41, 5.74) is 7.74. The van der Waals surface area contributed by atoms with E-state index in [1.54, 1.807) is 0 Å². The normalized spacial score (nSPS) is 12.1. The third-order valence-electron chi connectivity index (χ3n) is 1.16. The molecule has 1 nitrogen and oxygen atoms in total. The molecule has 0 spiro atoms. The highest BCUT2D eigenvalue weighted by atomic mass is 14.5. The Balaban J connectivity index is 3.93. The second-order valence-electron chi connectivity index (χ2n) is 2.72. The standard InChI is InChI=1S/C10H17N/c1-4-6-10(11)8-5-7-9(2)3/h5-8H,4,11H2,1-3H3/b8-5-,10-6-. The van der Waals surface area contributed by atoms with Crippen molar-refractivity contribution in [2.24, 2.45) is 5.73 Å². The highest BCUT2D eigenvalue weighted by molar-refractivity contribution is 5.20. The van der Waals surface area contributed by atoms with E-state index in [-0.39, 0.29) is 0 Å². The fraction of sp³-hybridized carbons (Fsp3) is 0.400. The first-order valence-corrected chi connectivity index (χ1v) is 3.94. The van der Waals surface area contributed by atoms with E-state index in [4.69, 9.17) is 5.73 Å². The van der Waals surface area contributed by atoms with Crippen LogP contribution in [0.15, 0.2) is 35.6 Å². The zero-order chi connectivity index (χ0) is 8.69. The maximum atomic E-state index is 5.62. The fourth-order valence-corrected chi connectivity index (χ4v) is 0.655. The van der Waals surface area contributed by atoms with Crippen molar-refractivity contribution in [3.8, 4) is 0 Å². The monoisotopic (exact) mass is 151 g/mol. The van der Waals surface area contributed by atoms with E-state index in [1.165, 1.54) is 5.57 Å². The molecule has 11 heavy (non-hydrogen) atoms. The molecular weight excluding hydrogens is 134 g/mol. The van der Waals surface area contributed by atoms with Crippen molar-refractivity contribution >= 4 is 0 Å². The van der Waals surface area contributed by atoms with Crippen LogP contribution in [0, 0.1) is 0 Å². The Bertz CT molecular complexity index is 181. The zero-order valence-electron chi connectivity index (χ0n) is 7.59. The van der Waals surface area contributed by atoms with Crippen molar-refractivity contribution in [2.45, 2.75) is 27.2 Å². The Morgan fingerprint density at radius 3 is 2.45 bits per heavy atom. The first-order chi connectivity index (χ1) is 5.16. The molecule has 0 aliphatic heterocycles. The van der Waals surface area contributed by atoms with Crippen molar-refractivity contribution in [2.75, 3.05) is 0 Å². The van der Waals surface area contributed by atoms with Crippen LogP contribution < -0.4 is 5.73 Å². The van der Waals surface area contributed by atoms with Crippen LogP contribution in [-0.2, 0) is 0 Å². The zero-order valence-corrected chi connectivity index (χ0v) is 7.59. The molecule has 0 fully saturated rings. The molecule has 0 aromatic carbocycles. The van der Waals surface area contributed by atoms with E-state index < -0.39 is 0 Å². The average Bonchev–Trinajstić information content (AvgIpc) is 1.87. The van der Waals surface area contributed by atoms with Crippen LogP contribution in [-0.4, -0.2) is 0 Å². The molecular formula is C10H17N. The van der Waals surface area contributed by atoms with Gasteiger partial charge in [-0.05, 0) is 26.3 Å². The molecule has 0 bridgehead atoms. The maximum Gasteiger partial charge on any atom is 0.0273 e. The molecule has 1 heteroatoms. The summed E-state index contributed by atoms with van der Waals surface area (Å²) in [5, 5.41) is 0. The summed E-state index contributed by atoms with van der Waals surface area (Å²) in [6, 6.07) is 0. The summed E-state index contributed by atoms with van der Waals surface area (Å²) in [5.74, 6) is 0. The lowest BCUT2D eigenvalue weighted by Crippen LogP contribution is -1.91. The van der Waals surface area contributed by atoms with Gasteiger partial charge in [0.05, 0.1) is 0 Å². The van der Waals surface area contributed by atoms with Crippen molar-refractivity contribution < 1.29 is 0 Å². The molecule has 0 unspecified atom stereocenters. The molecule has 0 saturated heterocycles. The smallest absolute Gasteiger partial charge is 0.0273 e. The maximum absolute atomic E-state index is 5.62. The lowest BCUT2D eigenvalue weighted by molar-refractivity contribution is 1.18. The lowest BCUT2D eigenvalue weighted by Gasteiger charge is -1.88. The van der Waals surface area contributed by atoms with Crippen LogP contribution >= 0.6 is 0 Å². The van der Waals surface area contributed by atoms with E-state index in [9.17, 15) is 0 Å². The van der Waals surface area contributed by atoms with E-state index >= 15 is 0 Å². The van der Waals surface area contributed by atoms with Crippen LogP contribution in [0.4, 0.5) is 0 Å². The predicted molar refractivity (Wildman–Crippen MR) is 51.1 cm³/mol. The highest BCUT2D eigenvalue weighted by Gasteiger charge is 1.77. The molecule has 0 heterocycles. The van der Waals surface area contributed by atoms with Gasteiger partial charge in [0, 0.05) is 5.70 Å². The van der Waals surface area contributed by atoms with Gasteiger partial charge in [-0.3, -0.25) is 0 Å². The van der Waals surface area contributed by atoms with Gasteiger partial charge >= 0.3 is 0 Å². The molecule has 0 atom stereocenters. The first-order valence-electron chi connectivity index (χ1n) is 3.94. The van der Waals surface area contributed by atoms with E-state index in [1.807, 2.05) is 24.3 Å². The minimum atomic E-state index is 0.838. The summed E-state index contributed by atoms with van der Waals surface area (Å²) in [4.78, 5) is 0. The minimum absolute atomic E-state index is 0.838. The van der Waals surface area contributed by atoms with Gasteiger partial charge in [-0.1, -0.05) is 30.7 Å². The van der Waals surface area contributed by atoms with Gasteiger partial charge < -0.3 is 5.73 Å². The van der Waals surface area contributed by atoms with E-state index in [2.05, 4.69) is 20.8 Å². The van der Waals surface area contributed by atoms with Crippen molar-refractivity contribution in [3.05, 3.63) is 35.6 Å². The van der Waals surface area contributed by atoms with Crippen LogP contribution in [0.1, 0.15) is 27.2 Å². The van der Waals surface area contributed by atoms with Gasteiger partial charge in [0.25, 0.3) is 0 Å². The number of nitrogens with two attached hydrogens (primary N) is 1. The molecule has 0 radical (unpaired) electrons. The van der Waals surface area contributed by atoms with Gasteiger partial charge in [0.15, 0.2) is 0 Å². The second kappa shape index (κ2) is 5.78. The summed E-state index contributed by atoms with van der Waals surface area (Å²) >= 11 is 0. The van der Waals surface area contributed by atoms with Crippen LogP contribution in [0.5, 0.6) is 0 Å². The molecule has 0 aromatic rings. The SMILES string of the molecule is CC/C=C(N)/C=C\C=C(C)C. The van der Waals surface area contributed by atoms with Crippen molar-refractivity contribution in [1.29, 1.82) is 0 Å². The summed E-state index contributed by atoms with van der Waals surface area (Å²) < 4.78 is 0. The van der Waals surface area contributed by atoms with Gasteiger partial charge in [0.2, 0.25) is 0 Å². The van der Waals surface area contributed by atoms with Crippen molar-refractivity contribution in [3.63, 3.8) is 0 Å². The topological polar surface area (TPSA) is 26.0 Å². The lowest BCUT2D eigenvalue weighted by atomic mass is 10.3. The number of hydrogen-bond donors (Lipinski definition) is 1. The Morgan fingerprint density at radius 2 is 2.00 bits per heavy atom. The van der Waals surface area contributed by atoms with Crippen LogP contribution in [0.25, 0.3) is 0 Å². The molecule has 0 amide bonds. The molecule has 2 N–H and O–H groups in total.